The standard InChI is InChI=1S/C24H30F3N3O2/c1-30(17-12-14-20(15-13-17)31-18-8-4-2-5-9-18)22-21(24(25,26)27)16-28-23(29-22)32-19-10-6-3-7-11-19/h12-16,18-19H,2-11H2,1H3. The topological polar surface area (TPSA) is 47.5 Å². The lowest BCUT2D eigenvalue weighted by atomic mass is 9.98. The van der Waals surface area contributed by atoms with Crippen molar-refractivity contribution in [2.24, 2.45) is 0 Å². The van der Waals surface area contributed by atoms with Gasteiger partial charge >= 0.3 is 12.2 Å². The number of ether oxygens (including phenoxy) is 2. The average molecular weight is 450 g/mol. The highest BCUT2D eigenvalue weighted by molar-refractivity contribution is 5.63. The Bertz CT molecular complexity index is 877. The fourth-order valence-electron chi connectivity index (χ4n) is 4.45. The largest absolute Gasteiger partial charge is 0.490 e. The Morgan fingerprint density at radius 1 is 0.844 bits per heavy atom. The molecule has 0 radical (unpaired) electrons. The predicted molar refractivity (Wildman–Crippen MR) is 117 cm³/mol. The SMILES string of the molecule is CN(c1ccc(OC2CCCCC2)cc1)c1nc(OC2CCCCC2)ncc1C(F)(F)F. The molecule has 0 N–H and O–H groups in total. The van der Waals surface area contributed by atoms with Gasteiger partial charge in [-0.15, -0.1) is 0 Å². The van der Waals surface area contributed by atoms with Gasteiger partial charge in [0.05, 0.1) is 6.10 Å². The summed E-state index contributed by atoms with van der Waals surface area (Å²) >= 11 is 0. The smallest absolute Gasteiger partial charge is 0.421 e. The van der Waals surface area contributed by atoms with Gasteiger partial charge in [-0.2, -0.15) is 18.2 Å². The summed E-state index contributed by atoms with van der Waals surface area (Å²) in [6, 6.07) is 7.09. The van der Waals surface area contributed by atoms with Crippen LogP contribution in [0.3, 0.4) is 0 Å². The van der Waals surface area contributed by atoms with E-state index in [0.717, 1.165) is 56.9 Å². The van der Waals surface area contributed by atoms with E-state index in [0.29, 0.717) is 5.69 Å². The van der Waals surface area contributed by atoms with Crippen molar-refractivity contribution in [3.63, 3.8) is 0 Å². The molecule has 1 aromatic carbocycles. The zero-order valence-electron chi connectivity index (χ0n) is 18.4. The highest BCUT2D eigenvalue weighted by Gasteiger charge is 2.37. The number of alkyl halides is 3. The van der Waals surface area contributed by atoms with E-state index in [-0.39, 0.29) is 24.0 Å². The summed E-state index contributed by atoms with van der Waals surface area (Å²) in [6.07, 6.45) is 7.09. The van der Waals surface area contributed by atoms with Gasteiger partial charge in [0, 0.05) is 18.9 Å². The molecule has 32 heavy (non-hydrogen) atoms. The van der Waals surface area contributed by atoms with Gasteiger partial charge in [-0.05, 0) is 75.6 Å². The molecule has 4 rings (SSSR count). The molecule has 0 aliphatic heterocycles. The highest BCUT2D eigenvalue weighted by atomic mass is 19.4. The van der Waals surface area contributed by atoms with Gasteiger partial charge in [0.2, 0.25) is 0 Å². The minimum Gasteiger partial charge on any atom is -0.490 e. The number of anilines is 2. The molecule has 2 fully saturated rings. The predicted octanol–water partition coefficient (Wildman–Crippen LogP) is 6.69. The maximum Gasteiger partial charge on any atom is 0.421 e. The second-order valence-electron chi connectivity index (χ2n) is 8.70. The Balaban J connectivity index is 1.53. The van der Waals surface area contributed by atoms with Crippen molar-refractivity contribution >= 4 is 11.5 Å². The van der Waals surface area contributed by atoms with Crippen molar-refractivity contribution in [1.82, 2.24) is 9.97 Å². The van der Waals surface area contributed by atoms with Crippen molar-refractivity contribution < 1.29 is 22.6 Å². The van der Waals surface area contributed by atoms with Gasteiger partial charge in [0.1, 0.15) is 17.4 Å². The van der Waals surface area contributed by atoms with Crippen molar-refractivity contribution in [3.8, 4) is 11.8 Å². The van der Waals surface area contributed by atoms with E-state index in [1.165, 1.54) is 24.2 Å². The van der Waals surface area contributed by atoms with Crippen molar-refractivity contribution in [1.29, 1.82) is 0 Å². The summed E-state index contributed by atoms with van der Waals surface area (Å²) in [4.78, 5) is 9.44. The fraction of sp³-hybridized carbons (Fsp3) is 0.583. The molecule has 1 heterocycles. The van der Waals surface area contributed by atoms with E-state index in [2.05, 4.69) is 9.97 Å². The number of halogens is 3. The molecule has 2 aliphatic carbocycles. The molecule has 2 saturated carbocycles. The Kier molecular flexibility index (Phi) is 7.06. The van der Waals surface area contributed by atoms with Gasteiger partial charge in [-0.1, -0.05) is 12.8 Å². The Morgan fingerprint density at radius 2 is 1.41 bits per heavy atom. The molecule has 2 aliphatic rings. The molecule has 0 spiro atoms. The lowest BCUT2D eigenvalue weighted by Crippen LogP contribution is -2.23. The van der Waals surface area contributed by atoms with Crippen molar-refractivity contribution in [2.45, 2.75) is 82.6 Å². The van der Waals surface area contributed by atoms with Crippen LogP contribution in [-0.2, 0) is 6.18 Å². The number of benzene rings is 1. The molecule has 5 nitrogen and oxygen atoms in total. The van der Waals surface area contributed by atoms with Crippen LogP contribution >= 0.6 is 0 Å². The van der Waals surface area contributed by atoms with Crippen LogP contribution in [0.4, 0.5) is 24.7 Å². The lowest BCUT2D eigenvalue weighted by Gasteiger charge is -2.25. The third kappa shape index (κ3) is 5.64. The first-order valence-electron chi connectivity index (χ1n) is 11.5. The minimum atomic E-state index is -4.57. The van der Waals surface area contributed by atoms with Crippen LogP contribution in [-0.4, -0.2) is 29.2 Å². The van der Waals surface area contributed by atoms with Gasteiger partial charge in [-0.3, -0.25) is 0 Å². The second-order valence-corrected chi connectivity index (χ2v) is 8.70. The minimum absolute atomic E-state index is 0.0102. The van der Waals surface area contributed by atoms with Crippen LogP contribution in [0.25, 0.3) is 0 Å². The molecule has 1 aromatic heterocycles. The average Bonchev–Trinajstić information content (AvgIpc) is 2.80. The quantitative estimate of drug-likeness (QED) is 0.492. The molecule has 0 saturated heterocycles. The molecule has 0 atom stereocenters. The first-order chi connectivity index (χ1) is 15.4. The van der Waals surface area contributed by atoms with Gasteiger partial charge in [-0.25, -0.2) is 4.98 Å². The maximum absolute atomic E-state index is 13.7. The van der Waals surface area contributed by atoms with E-state index in [1.54, 1.807) is 31.3 Å². The van der Waals surface area contributed by atoms with Gasteiger partial charge in [0.15, 0.2) is 5.82 Å². The van der Waals surface area contributed by atoms with E-state index >= 15 is 0 Å². The Hall–Kier alpha value is -2.51. The number of hydrogen-bond acceptors (Lipinski definition) is 5. The number of aromatic nitrogens is 2. The summed E-state index contributed by atoms with van der Waals surface area (Å²) in [6.45, 7) is 0. The molecule has 0 bridgehead atoms. The zero-order valence-corrected chi connectivity index (χ0v) is 18.4. The normalized spacial score (nSPS) is 18.4. The van der Waals surface area contributed by atoms with E-state index in [1.807, 2.05) is 0 Å². The Labute approximate surface area is 187 Å². The monoisotopic (exact) mass is 449 g/mol. The van der Waals surface area contributed by atoms with Gasteiger partial charge in [0.25, 0.3) is 0 Å². The number of rotatable bonds is 6. The van der Waals surface area contributed by atoms with Gasteiger partial charge < -0.3 is 14.4 Å². The van der Waals surface area contributed by atoms with Crippen LogP contribution in [0.1, 0.15) is 69.8 Å². The highest BCUT2D eigenvalue weighted by Crippen LogP contribution is 2.38. The molecule has 0 amide bonds. The third-order valence-electron chi connectivity index (χ3n) is 6.27. The first-order valence-corrected chi connectivity index (χ1v) is 11.5. The fourth-order valence-corrected chi connectivity index (χ4v) is 4.45. The Morgan fingerprint density at radius 3 is 1.97 bits per heavy atom. The second kappa shape index (κ2) is 9.96. The van der Waals surface area contributed by atoms with Crippen molar-refractivity contribution in [2.75, 3.05) is 11.9 Å². The summed E-state index contributed by atoms with van der Waals surface area (Å²) in [5, 5.41) is 0. The summed E-state index contributed by atoms with van der Waals surface area (Å²) in [7, 11) is 1.57. The molecule has 174 valence electrons. The summed E-state index contributed by atoms with van der Waals surface area (Å²) < 4.78 is 52.9. The lowest BCUT2D eigenvalue weighted by molar-refractivity contribution is -0.137. The van der Waals surface area contributed by atoms with Crippen LogP contribution in [0, 0.1) is 0 Å². The third-order valence-corrected chi connectivity index (χ3v) is 6.27. The van der Waals surface area contributed by atoms with E-state index in [9.17, 15) is 13.2 Å². The molecular weight excluding hydrogens is 419 g/mol. The first kappa shape index (κ1) is 22.7. The molecule has 8 heteroatoms. The van der Waals surface area contributed by atoms with Crippen LogP contribution < -0.4 is 14.4 Å². The van der Waals surface area contributed by atoms with Crippen LogP contribution in [0.2, 0.25) is 0 Å². The zero-order chi connectivity index (χ0) is 22.6. The summed E-state index contributed by atoms with van der Waals surface area (Å²) in [5.74, 6) is 0.508. The molecule has 0 unspecified atom stereocenters. The molecule has 2 aromatic rings. The van der Waals surface area contributed by atoms with Crippen molar-refractivity contribution in [3.05, 3.63) is 36.0 Å². The number of nitrogens with zero attached hydrogens (tertiary/aromatic N) is 3. The van der Waals surface area contributed by atoms with E-state index < -0.39 is 11.7 Å². The summed E-state index contributed by atoms with van der Waals surface area (Å²) in [5.41, 5.74) is -0.313. The van der Waals surface area contributed by atoms with Crippen LogP contribution in [0.15, 0.2) is 30.5 Å². The van der Waals surface area contributed by atoms with E-state index in [4.69, 9.17) is 9.47 Å². The maximum atomic E-state index is 13.7. The number of hydrogen-bond donors (Lipinski definition) is 0. The molecular formula is C24H30F3N3O2. The van der Waals surface area contributed by atoms with Crippen LogP contribution in [0.5, 0.6) is 11.8 Å².